The third-order valence-electron chi connectivity index (χ3n) is 2.28. The van der Waals surface area contributed by atoms with Gasteiger partial charge >= 0.3 is 5.97 Å². The van der Waals surface area contributed by atoms with Crippen LogP contribution in [0.4, 0.5) is 5.95 Å². The molecule has 0 saturated carbocycles. The van der Waals surface area contributed by atoms with E-state index in [2.05, 4.69) is 9.97 Å². The van der Waals surface area contributed by atoms with Gasteiger partial charge in [0, 0.05) is 19.3 Å². The lowest BCUT2D eigenvalue weighted by Crippen LogP contribution is -2.38. The molecule has 0 aromatic carbocycles. The molecule has 0 spiro atoms. The average Bonchev–Trinajstić information content (AvgIpc) is 2.29. The molecular weight excluding hydrogens is 210 g/mol. The molecule has 0 fully saturated rings. The summed E-state index contributed by atoms with van der Waals surface area (Å²) in [6.07, 6.45) is 2.01. The highest BCUT2D eigenvalue weighted by molar-refractivity contribution is 5.77. The van der Waals surface area contributed by atoms with Crippen LogP contribution in [0.15, 0.2) is 12.3 Å². The maximum absolute atomic E-state index is 11.0. The average molecular weight is 225 g/mol. The summed E-state index contributed by atoms with van der Waals surface area (Å²) in [6, 6.07) is 0.978. The smallest absolute Gasteiger partial charge is 0.326 e. The summed E-state index contributed by atoms with van der Waals surface area (Å²) in [6.45, 7) is 1.80. The Bertz CT molecular complexity index is 370. The van der Waals surface area contributed by atoms with Crippen molar-refractivity contribution in [2.45, 2.75) is 19.4 Å². The number of carbonyl (C=O) groups is 1. The quantitative estimate of drug-likeness (QED) is 0.798. The van der Waals surface area contributed by atoms with Crippen molar-refractivity contribution in [3.63, 3.8) is 0 Å². The predicted molar refractivity (Wildman–Crippen MR) is 58.7 cm³/mol. The van der Waals surface area contributed by atoms with E-state index in [1.807, 2.05) is 0 Å². The predicted octanol–water partition coefficient (Wildman–Crippen LogP) is 0.785. The highest BCUT2D eigenvalue weighted by atomic mass is 16.5. The second-order valence-corrected chi connectivity index (χ2v) is 3.27. The van der Waals surface area contributed by atoms with E-state index in [0.29, 0.717) is 18.2 Å². The van der Waals surface area contributed by atoms with E-state index in [-0.39, 0.29) is 0 Å². The molecule has 0 amide bonds. The Morgan fingerprint density at radius 3 is 2.88 bits per heavy atom. The zero-order valence-corrected chi connectivity index (χ0v) is 9.54. The third kappa shape index (κ3) is 2.59. The van der Waals surface area contributed by atoms with E-state index < -0.39 is 12.0 Å². The number of anilines is 1. The van der Waals surface area contributed by atoms with E-state index in [0.717, 1.165) is 0 Å². The molecule has 1 heterocycles. The largest absolute Gasteiger partial charge is 0.481 e. The van der Waals surface area contributed by atoms with Gasteiger partial charge in [0.1, 0.15) is 6.04 Å². The van der Waals surface area contributed by atoms with Crippen LogP contribution in [0.3, 0.4) is 0 Å². The zero-order valence-electron chi connectivity index (χ0n) is 9.54. The van der Waals surface area contributed by atoms with E-state index in [9.17, 15) is 4.79 Å². The first kappa shape index (κ1) is 12.2. The SMILES string of the molecule is CCC(C(=O)O)N(C)c1nccc(OC)n1. The number of ether oxygens (including phenoxy) is 1. The normalized spacial score (nSPS) is 11.9. The molecule has 1 aromatic rings. The van der Waals surface area contributed by atoms with Gasteiger partial charge in [-0.15, -0.1) is 0 Å². The second kappa shape index (κ2) is 5.29. The molecule has 0 saturated heterocycles. The summed E-state index contributed by atoms with van der Waals surface area (Å²) in [5, 5.41) is 9.00. The summed E-state index contributed by atoms with van der Waals surface area (Å²) in [5.74, 6) is -0.137. The summed E-state index contributed by atoms with van der Waals surface area (Å²) in [7, 11) is 3.15. The fourth-order valence-corrected chi connectivity index (χ4v) is 1.37. The van der Waals surface area contributed by atoms with Crippen LogP contribution in [0, 0.1) is 0 Å². The van der Waals surface area contributed by atoms with Crippen LogP contribution in [0.2, 0.25) is 0 Å². The molecule has 0 aliphatic rings. The van der Waals surface area contributed by atoms with Crippen LogP contribution in [-0.2, 0) is 4.79 Å². The van der Waals surface area contributed by atoms with Gasteiger partial charge in [-0.25, -0.2) is 9.78 Å². The number of aromatic nitrogens is 2. The number of hydrogen-bond acceptors (Lipinski definition) is 5. The molecule has 0 bridgehead atoms. The van der Waals surface area contributed by atoms with Crippen molar-refractivity contribution in [2.24, 2.45) is 0 Å². The molecule has 1 aromatic heterocycles. The minimum Gasteiger partial charge on any atom is -0.481 e. The maximum atomic E-state index is 11.0. The molecule has 1 rings (SSSR count). The summed E-state index contributed by atoms with van der Waals surface area (Å²) < 4.78 is 4.95. The van der Waals surface area contributed by atoms with Gasteiger partial charge in [0.25, 0.3) is 0 Å². The van der Waals surface area contributed by atoms with Gasteiger partial charge in [-0.05, 0) is 6.42 Å². The van der Waals surface area contributed by atoms with Gasteiger partial charge < -0.3 is 14.7 Å². The number of methoxy groups -OCH3 is 1. The summed E-state index contributed by atoms with van der Waals surface area (Å²) in [4.78, 5) is 20.6. The van der Waals surface area contributed by atoms with Crippen molar-refractivity contribution in [1.82, 2.24) is 9.97 Å². The molecule has 1 N–H and O–H groups in total. The lowest BCUT2D eigenvalue weighted by atomic mass is 10.2. The highest BCUT2D eigenvalue weighted by Gasteiger charge is 2.22. The van der Waals surface area contributed by atoms with Crippen molar-refractivity contribution in [3.8, 4) is 5.88 Å². The molecule has 0 aliphatic carbocycles. The fourth-order valence-electron chi connectivity index (χ4n) is 1.37. The van der Waals surface area contributed by atoms with E-state index in [1.165, 1.54) is 18.2 Å². The van der Waals surface area contributed by atoms with Crippen LogP contribution < -0.4 is 9.64 Å². The lowest BCUT2D eigenvalue weighted by Gasteiger charge is -2.23. The minimum absolute atomic E-state index is 0.341. The topological polar surface area (TPSA) is 75.5 Å². The van der Waals surface area contributed by atoms with Crippen LogP contribution in [0.5, 0.6) is 5.88 Å². The molecule has 6 nitrogen and oxygen atoms in total. The molecule has 6 heteroatoms. The van der Waals surface area contributed by atoms with Crippen molar-refractivity contribution < 1.29 is 14.6 Å². The van der Waals surface area contributed by atoms with E-state index in [1.54, 1.807) is 20.0 Å². The Morgan fingerprint density at radius 2 is 2.38 bits per heavy atom. The van der Waals surface area contributed by atoms with Gasteiger partial charge in [-0.3, -0.25) is 0 Å². The Hall–Kier alpha value is -1.85. The maximum Gasteiger partial charge on any atom is 0.326 e. The third-order valence-corrected chi connectivity index (χ3v) is 2.28. The second-order valence-electron chi connectivity index (χ2n) is 3.27. The number of aliphatic carboxylic acids is 1. The fraction of sp³-hybridized carbons (Fsp3) is 0.500. The summed E-state index contributed by atoms with van der Waals surface area (Å²) in [5.41, 5.74) is 0. The first-order valence-corrected chi connectivity index (χ1v) is 4.92. The van der Waals surface area contributed by atoms with Crippen molar-refractivity contribution in [2.75, 3.05) is 19.1 Å². The van der Waals surface area contributed by atoms with E-state index >= 15 is 0 Å². The number of nitrogens with zero attached hydrogens (tertiary/aromatic N) is 3. The van der Waals surface area contributed by atoms with Crippen LogP contribution in [-0.4, -0.2) is 41.2 Å². The van der Waals surface area contributed by atoms with Crippen LogP contribution in [0.25, 0.3) is 0 Å². The Morgan fingerprint density at radius 1 is 1.69 bits per heavy atom. The van der Waals surface area contributed by atoms with Gasteiger partial charge in [-0.1, -0.05) is 6.92 Å². The molecule has 1 atom stereocenters. The standard InChI is InChI=1S/C10H15N3O3/c1-4-7(9(14)15)13(2)10-11-6-5-8(12-10)16-3/h5-7H,4H2,1-3H3,(H,14,15). The van der Waals surface area contributed by atoms with Gasteiger partial charge in [0.2, 0.25) is 11.8 Å². The van der Waals surface area contributed by atoms with Crippen LogP contribution >= 0.6 is 0 Å². The van der Waals surface area contributed by atoms with Gasteiger partial charge in [-0.2, -0.15) is 4.98 Å². The van der Waals surface area contributed by atoms with Crippen molar-refractivity contribution >= 4 is 11.9 Å². The molecule has 16 heavy (non-hydrogen) atoms. The molecule has 0 radical (unpaired) electrons. The van der Waals surface area contributed by atoms with Crippen LogP contribution in [0.1, 0.15) is 13.3 Å². The molecule has 1 unspecified atom stereocenters. The summed E-state index contributed by atoms with van der Waals surface area (Å²) >= 11 is 0. The van der Waals surface area contributed by atoms with Gasteiger partial charge in [0.15, 0.2) is 0 Å². The lowest BCUT2D eigenvalue weighted by molar-refractivity contribution is -0.138. The monoisotopic (exact) mass is 225 g/mol. The highest BCUT2D eigenvalue weighted by Crippen LogP contribution is 2.14. The number of carboxylic acids is 1. The van der Waals surface area contributed by atoms with Crippen molar-refractivity contribution in [3.05, 3.63) is 12.3 Å². The Balaban J connectivity index is 2.93. The van der Waals surface area contributed by atoms with E-state index in [4.69, 9.17) is 9.84 Å². The Labute approximate surface area is 93.9 Å². The Kier molecular flexibility index (Phi) is 4.04. The zero-order chi connectivity index (χ0) is 12.1. The first-order chi connectivity index (χ1) is 7.60. The molecule has 0 aliphatic heterocycles. The number of hydrogen-bond donors (Lipinski definition) is 1. The molecule has 88 valence electrons. The molecular formula is C10H15N3O3. The van der Waals surface area contributed by atoms with Crippen molar-refractivity contribution in [1.29, 1.82) is 0 Å². The minimum atomic E-state index is -0.892. The van der Waals surface area contributed by atoms with Gasteiger partial charge in [0.05, 0.1) is 7.11 Å². The number of carboxylic acid groups (broad SMARTS) is 1. The number of likely N-dealkylation sites (N-methyl/N-ethyl adjacent to an activating group) is 1. The first-order valence-electron chi connectivity index (χ1n) is 4.92. The number of rotatable bonds is 5.